The van der Waals surface area contributed by atoms with Crippen LogP contribution in [0.1, 0.15) is 21.6 Å². The summed E-state index contributed by atoms with van der Waals surface area (Å²) in [7, 11) is 0. The Morgan fingerprint density at radius 3 is 2.48 bits per heavy atom. The lowest BCUT2D eigenvalue weighted by molar-refractivity contribution is 0.0946. The average molecular weight is 352 g/mol. The highest BCUT2D eigenvalue weighted by atomic mass is 35.5. The minimum Gasteiger partial charge on any atom is -0.354 e. The number of anilines is 2. The van der Waals surface area contributed by atoms with Crippen LogP contribution in [0, 0.1) is 6.92 Å². The van der Waals surface area contributed by atoms with E-state index in [2.05, 4.69) is 15.6 Å². The fraction of sp³-hybridized carbons (Fsp3) is 0.100. The van der Waals surface area contributed by atoms with Crippen molar-refractivity contribution >= 4 is 28.9 Å². The van der Waals surface area contributed by atoms with Crippen molar-refractivity contribution in [3.8, 4) is 0 Å². The summed E-state index contributed by atoms with van der Waals surface area (Å²) in [6.45, 7) is 2.47. The molecule has 3 rings (SSSR count). The Labute approximate surface area is 151 Å². The molecule has 1 amide bonds. The van der Waals surface area contributed by atoms with Gasteiger partial charge in [0.05, 0.1) is 11.9 Å². The molecule has 1 aromatic heterocycles. The lowest BCUT2D eigenvalue weighted by Crippen LogP contribution is -2.23. The lowest BCUT2D eigenvalue weighted by atomic mass is 10.2. The van der Waals surface area contributed by atoms with Gasteiger partial charge in [-0.1, -0.05) is 41.9 Å². The first kappa shape index (κ1) is 17.0. The van der Waals surface area contributed by atoms with E-state index in [4.69, 9.17) is 11.6 Å². The number of aromatic nitrogens is 1. The number of nitrogens with zero attached hydrogens (tertiary/aromatic N) is 1. The molecule has 3 aromatic rings. The molecule has 0 saturated heterocycles. The topological polar surface area (TPSA) is 54.0 Å². The second-order valence-corrected chi connectivity index (χ2v) is 6.12. The summed E-state index contributed by atoms with van der Waals surface area (Å²) in [6.07, 6.45) is 1.66. The predicted molar refractivity (Wildman–Crippen MR) is 101 cm³/mol. The molecule has 126 valence electrons. The minimum absolute atomic E-state index is 0.211. The van der Waals surface area contributed by atoms with Crippen molar-refractivity contribution in [1.29, 1.82) is 0 Å². The van der Waals surface area contributed by atoms with Crippen LogP contribution in [0.5, 0.6) is 0 Å². The van der Waals surface area contributed by atoms with E-state index in [1.807, 2.05) is 49.4 Å². The van der Waals surface area contributed by atoms with E-state index in [1.165, 1.54) is 0 Å². The molecule has 0 bridgehead atoms. The molecule has 1 heterocycles. The highest BCUT2D eigenvalue weighted by Gasteiger charge is 2.07. The summed E-state index contributed by atoms with van der Waals surface area (Å²) < 4.78 is 0. The van der Waals surface area contributed by atoms with E-state index < -0.39 is 0 Å². The molecule has 0 spiro atoms. The minimum atomic E-state index is -0.211. The van der Waals surface area contributed by atoms with Gasteiger partial charge in [-0.05, 0) is 48.4 Å². The number of amides is 1. The molecule has 0 aliphatic heterocycles. The summed E-state index contributed by atoms with van der Waals surface area (Å²) in [5.74, 6) is -0.211. The third kappa shape index (κ3) is 4.58. The number of carbonyl (C=O) groups excluding carboxylic acids is 1. The van der Waals surface area contributed by atoms with Crippen LogP contribution < -0.4 is 10.6 Å². The van der Waals surface area contributed by atoms with Crippen molar-refractivity contribution in [1.82, 2.24) is 10.3 Å². The third-order valence-corrected chi connectivity index (χ3v) is 4.04. The SMILES string of the molecule is Cc1ccccc1Nc1ccc(C(=O)NCc2ccc(Cl)cc2)nc1. The zero-order valence-electron chi connectivity index (χ0n) is 13.8. The fourth-order valence-electron chi connectivity index (χ4n) is 2.35. The van der Waals surface area contributed by atoms with Gasteiger partial charge in [0, 0.05) is 17.3 Å². The van der Waals surface area contributed by atoms with Crippen molar-refractivity contribution in [3.05, 3.63) is 88.7 Å². The smallest absolute Gasteiger partial charge is 0.270 e. The molecule has 2 N–H and O–H groups in total. The van der Waals surface area contributed by atoms with Gasteiger partial charge in [0.15, 0.2) is 0 Å². The first-order valence-corrected chi connectivity index (χ1v) is 8.31. The molecule has 0 radical (unpaired) electrons. The number of halogens is 1. The number of hydrogen-bond donors (Lipinski definition) is 2. The molecule has 2 aromatic carbocycles. The van der Waals surface area contributed by atoms with E-state index >= 15 is 0 Å². The van der Waals surface area contributed by atoms with Crippen LogP contribution in [0.15, 0.2) is 66.9 Å². The van der Waals surface area contributed by atoms with Crippen LogP contribution in [0.3, 0.4) is 0 Å². The Balaban J connectivity index is 1.60. The number of nitrogens with one attached hydrogen (secondary N) is 2. The van der Waals surface area contributed by atoms with E-state index in [0.29, 0.717) is 17.3 Å². The average Bonchev–Trinajstić information content (AvgIpc) is 2.63. The van der Waals surface area contributed by atoms with Crippen LogP contribution in [0.25, 0.3) is 0 Å². The summed E-state index contributed by atoms with van der Waals surface area (Å²) in [5, 5.41) is 6.82. The zero-order valence-corrected chi connectivity index (χ0v) is 14.5. The largest absolute Gasteiger partial charge is 0.354 e. The maximum Gasteiger partial charge on any atom is 0.270 e. The quantitative estimate of drug-likeness (QED) is 0.699. The van der Waals surface area contributed by atoms with E-state index in [0.717, 1.165) is 22.5 Å². The number of rotatable bonds is 5. The number of pyridine rings is 1. The summed E-state index contributed by atoms with van der Waals surface area (Å²) in [5.41, 5.74) is 4.36. The maximum absolute atomic E-state index is 12.2. The molecule has 0 saturated carbocycles. The lowest BCUT2D eigenvalue weighted by Gasteiger charge is -2.10. The van der Waals surface area contributed by atoms with Gasteiger partial charge < -0.3 is 10.6 Å². The highest BCUT2D eigenvalue weighted by Crippen LogP contribution is 2.19. The van der Waals surface area contributed by atoms with Crippen LogP contribution in [0.4, 0.5) is 11.4 Å². The molecule has 0 fully saturated rings. The van der Waals surface area contributed by atoms with Gasteiger partial charge in [-0.25, -0.2) is 4.98 Å². The molecule has 0 aliphatic carbocycles. The zero-order chi connectivity index (χ0) is 17.6. The second-order valence-electron chi connectivity index (χ2n) is 5.68. The summed E-state index contributed by atoms with van der Waals surface area (Å²) >= 11 is 5.85. The second kappa shape index (κ2) is 7.81. The monoisotopic (exact) mass is 351 g/mol. The highest BCUT2D eigenvalue weighted by molar-refractivity contribution is 6.30. The molecule has 0 unspecified atom stereocenters. The third-order valence-electron chi connectivity index (χ3n) is 3.79. The standard InChI is InChI=1S/C20H18ClN3O/c1-14-4-2-3-5-18(14)24-17-10-11-19(22-13-17)20(25)23-12-15-6-8-16(21)9-7-15/h2-11,13,24H,12H2,1H3,(H,23,25). The van der Waals surface area contributed by atoms with Crippen LogP contribution >= 0.6 is 11.6 Å². The molecule has 0 atom stereocenters. The normalized spacial score (nSPS) is 10.3. The van der Waals surface area contributed by atoms with Gasteiger partial charge >= 0.3 is 0 Å². The molecular formula is C20H18ClN3O. The van der Waals surface area contributed by atoms with Gasteiger partial charge in [0.2, 0.25) is 0 Å². The molecule has 4 nitrogen and oxygen atoms in total. The fourth-order valence-corrected chi connectivity index (χ4v) is 2.47. The van der Waals surface area contributed by atoms with E-state index in [-0.39, 0.29) is 5.91 Å². The van der Waals surface area contributed by atoms with Gasteiger partial charge in [-0.15, -0.1) is 0 Å². The number of para-hydroxylation sites is 1. The number of hydrogen-bond acceptors (Lipinski definition) is 3. The van der Waals surface area contributed by atoms with E-state index in [9.17, 15) is 4.79 Å². The molecular weight excluding hydrogens is 334 g/mol. The van der Waals surface area contributed by atoms with Crippen molar-refractivity contribution in [3.63, 3.8) is 0 Å². The number of aryl methyl sites for hydroxylation is 1. The van der Waals surface area contributed by atoms with Crippen LogP contribution in [-0.2, 0) is 6.54 Å². The molecule has 25 heavy (non-hydrogen) atoms. The van der Waals surface area contributed by atoms with Gasteiger partial charge in [0.1, 0.15) is 5.69 Å². The van der Waals surface area contributed by atoms with Crippen molar-refractivity contribution < 1.29 is 4.79 Å². The van der Waals surface area contributed by atoms with Gasteiger partial charge in [0.25, 0.3) is 5.91 Å². The Kier molecular flexibility index (Phi) is 5.31. The molecule has 0 aliphatic rings. The number of benzene rings is 2. The van der Waals surface area contributed by atoms with Crippen molar-refractivity contribution in [2.75, 3.05) is 5.32 Å². The first-order valence-electron chi connectivity index (χ1n) is 7.93. The Morgan fingerprint density at radius 1 is 1.04 bits per heavy atom. The molecule has 5 heteroatoms. The summed E-state index contributed by atoms with van der Waals surface area (Å²) in [6, 6.07) is 18.9. The summed E-state index contributed by atoms with van der Waals surface area (Å²) in [4.78, 5) is 16.4. The Morgan fingerprint density at radius 2 is 1.80 bits per heavy atom. The van der Waals surface area contributed by atoms with Crippen LogP contribution in [-0.4, -0.2) is 10.9 Å². The van der Waals surface area contributed by atoms with Crippen molar-refractivity contribution in [2.24, 2.45) is 0 Å². The van der Waals surface area contributed by atoms with Gasteiger partial charge in [-0.2, -0.15) is 0 Å². The Hall–Kier alpha value is -2.85. The van der Waals surface area contributed by atoms with Gasteiger partial charge in [-0.3, -0.25) is 4.79 Å². The van der Waals surface area contributed by atoms with Crippen LogP contribution in [0.2, 0.25) is 5.02 Å². The van der Waals surface area contributed by atoms with E-state index in [1.54, 1.807) is 24.4 Å². The Bertz CT molecular complexity index is 861. The van der Waals surface area contributed by atoms with Crippen molar-refractivity contribution in [2.45, 2.75) is 13.5 Å². The maximum atomic E-state index is 12.2. The predicted octanol–water partition coefficient (Wildman–Crippen LogP) is 4.72. The first-order chi connectivity index (χ1) is 12.1. The number of carbonyl (C=O) groups is 1.